The molecule has 4 heteroatoms. The van der Waals surface area contributed by atoms with Gasteiger partial charge in [0.25, 0.3) is 0 Å². The lowest BCUT2D eigenvalue weighted by molar-refractivity contribution is 0.261. The zero-order chi connectivity index (χ0) is 16.0. The summed E-state index contributed by atoms with van der Waals surface area (Å²) in [6, 6.07) is 10.8. The van der Waals surface area contributed by atoms with Gasteiger partial charge in [-0.05, 0) is 56.9 Å². The number of nitrogens with zero attached hydrogens (tertiary/aromatic N) is 1. The Kier molecular flexibility index (Phi) is 19.0. The molecular formula is C20H38Cl2N2. The van der Waals surface area contributed by atoms with Crippen LogP contribution in [-0.2, 0) is 0 Å². The minimum atomic E-state index is 0. The van der Waals surface area contributed by atoms with Crippen LogP contribution in [0.25, 0.3) is 0 Å². The molecule has 2 nitrogen and oxygen atoms in total. The summed E-state index contributed by atoms with van der Waals surface area (Å²) in [6.45, 7) is 12.9. The molecule has 0 amide bonds. The van der Waals surface area contributed by atoms with Crippen LogP contribution < -0.4 is 5.32 Å². The van der Waals surface area contributed by atoms with Crippen molar-refractivity contribution in [3.05, 3.63) is 35.9 Å². The van der Waals surface area contributed by atoms with Gasteiger partial charge in [-0.1, -0.05) is 63.9 Å². The molecule has 1 rings (SSSR count). The first-order valence-corrected chi connectivity index (χ1v) is 9.25. The maximum atomic E-state index is 3.62. The number of nitrogens with one attached hydrogen (secondary N) is 1. The lowest BCUT2D eigenvalue weighted by atomic mass is 10.0. The maximum absolute atomic E-state index is 3.62. The van der Waals surface area contributed by atoms with Gasteiger partial charge in [0.05, 0.1) is 0 Å². The summed E-state index contributed by atoms with van der Waals surface area (Å²) in [6.07, 6.45) is 6.53. The predicted molar refractivity (Wildman–Crippen MR) is 113 cm³/mol. The molecule has 0 fully saturated rings. The second-order valence-corrected chi connectivity index (χ2v) is 6.42. The molecule has 0 heterocycles. The van der Waals surface area contributed by atoms with E-state index >= 15 is 0 Å². The van der Waals surface area contributed by atoms with Gasteiger partial charge >= 0.3 is 0 Å². The monoisotopic (exact) mass is 376 g/mol. The molecule has 0 spiro atoms. The van der Waals surface area contributed by atoms with Gasteiger partial charge in [-0.3, -0.25) is 0 Å². The summed E-state index contributed by atoms with van der Waals surface area (Å²) in [4.78, 5) is 2.65. The number of rotatable bonds is 13. The number of benzene rings is 1. The normalized spacial score (nSPS) is 11.7. The zero-order valence-corrected chi connectivity index (χ0v) is 17.4. The highest BCUT2D eigenvalue weighted by Crippen LogP contribution is 2.12. The van der Waals surface area contributed by atoms with Gasteiger partial charge in [0.1, 0.15) is 0 Å². The van der Waals surface area contributed by atoms with Gasteiger partial charge in [0.2, 0.25) is 0 Å². The third kappa shape index (κ3) is 12.1. The molecule has 0 radical (unpaired) electrons. The van der Waals surface area contributed by atoms with Crippen LogP contribution in [0.4, 0.5) is 0 Å². The van der Waals surface area contributed by atoms with Crippen molar-refractivity contribution >= 4 is 24.8 Å². The molecule has 0 bridgehead atoms. The molecule has 0 aliphatic heterocycles. The summed E-state index contributed by atoms with van der Waals surface area (Å²) in [5.74, 6) is 0.595. The summed E-state index contributed by atoms with van der Waals surface area (Å²) >= 11 is 0. The van der Waals surface area contributed by atoms with E-state index in [1.807, 2.05) is 0 Å². The van der Waals surface area contributed by atoms with Crippen molar-refractivity contribution in [2.75, 3.05) is 32.7 Å². The van der Waals surface area contributed by atoms with Gasteiger partial charge in [0.15, 0.2) is 0 Å². The third-order valence-electron chi connectivity index (χ3n) is 4.30. The predicted octanol–water partition coefficient (Wildman–Crippen LogP) is 5.52. The van der Waals surface area contributed by atoms with Crippen molar-refractivity contribution in [3.8, 4) is 0 Å². The fourth-order valence-electron chi connectivity index (χ4n) is 2.74. The van der Waals surface area contributed by atoms with Crippen LogP contribution in [-0.4, -0.2) is 37.6 Å². The van der Waals surface area contributed by atoms with Crippen LogP contribution in [0.2, 0.25) is 0 Å². The molecule has 1 aromatic rings. The molecule has 0 saturated carbocycles. The minimum absolute atomic E-state index is 0. The van der Waals surface area contributed by atoms with Crippen molar-refractivity contribution in [2.24, 2.45) is 0 Å². The third-order valence-corrected chi connectivity index (χ3v) is 4.30. The molecule has 0 aliphatic carbocycles. The summed E-state index contributed by atoms with van der Waals surface area (Å²) < 4.78 is 0. The first kappa shape index (κ1) is 26.0. The Morgan fingerprint density at radius 1 is 0.875 bits per heavy atom. The minimum Gasteiger partial charge on any atom is -0.316 e. The van der Waals surface area contributed by atoms with Crippen LogP contribution in [0.3, 0.4) is 0 Å². The molecule has 0 saturated heterocycles. The second-order valence-electron chi connectivity index (χ2n) is 6.42. The van der Waals surface area contributed by atoms with Crippen LogP contribution in [0.1, 0.15) is 64.4 Å². The molecule has 0 aliphatic rings. The van der Waals surface area contributed by atoms with Gasteiger partial charge in [-0.15, -0.1) is 24.8 Å². The van der Waals surface area contributed by atoms with E-state index in [0.29, 0.717) is 5.92 Å². The van der Waals surface area contributed by atoms with E-state index in [0.717, 1.165) is 13.1 Å². The first-order valence-electron chi connectivity index (χ1n) is 9.25. The van der Waals surface area contributed by atoms with Crippen LogP contribution in [0.5, 0.6) is 0 Å². The van der Waals surface area contributed by atoms with E-state index in [-0.39, 0.29) is 24.8 Å². The van der Waals surface area contributed by atoms with E-state index in [1.165, 1.54) is 57.3 Å². The van der Waals surface area contributed by atoms with Crippen molar-refractivity contribution in [1.29, 1.82) is 0 Å². The Balaban J connectivity index is 0. The van der Waals surface area contributed by atoms with E-state index in [4.69, 9.17) is 0 Å². The van der Waals surface area contributed by atoms with Crippen LogP contribution >= 0.6 is 24.8 Å². The van der Waals surface area contributed by atoms with E-state index in [9.17, 15) is 0 Å². The van der Waals surface area contributed by atoms with Crippen LogP contribution in [0, 0.1) is 0 Å². The largest absolute Gasteiger partial charge is 0.316 e. The number of unbranched alkanes of at least 4 members (excludes halogenated alkanes) is 2. The molecule has 24 heavy (non-hydrogen) atoms. The van der Waals surface area contributed by atoms with Gasteiger partial charge in [-0.25, -0.2) is 0 Å². The maximum Gasteiger partial charge on any atom is 0.00174 e. The average Bonchev–Trinajstić information content (AvgIpc) is 2.56. The van der Waals surface area contributed by atoms with Crippen molar-refractivity contribution < 1.29 is 0 Å². The molecule has 1 aromatic carbocycles. The van der Waals surface area contributed by atoms with Crippen molar-refractivity contribution in [1.82, 2.24) is 10.2 Å². The highest BCUT2D eigenvalue weighted by Gasteiger charge is 2.05. The van der Waals surface area contributed by atoms with E-state index < -0.39 is 0 Å². The quantitative estimate of drug-likeness (QED) is 0.456. The van der Waals surface area contributed by atoms with Gasteiger partial charge in [-0.2, -0.15) is 0 Å². The Bertz CT molecular complexity index is 352. The summed E-state index contributed by atoms with van der Waals surface area (Å²) in [5.41, 5.74) is 1.43. The summed E-state index contributed by atoms with van der Waals surface area (Å²) in [5, 5.41) is 3.62. The highest BCUT2D eigenvalue weighted by atomic mass is 35.5. The second kappa shape index (κ2) is 17.5. The lowest BCUT2D eigenvalue weighted by Gasteiger charge is -2.22. The Hall–Kier alpha value is -0.280. The Morgan fingerprint density at radius 3 is 1.96 bits per heavy atom. The fourth-order valence-corrected chi connectivity index (χ4v) is 2.74. The summed E-state index contributed by atoms with van der Waals surface area (Å²) in [7, 11) is 0. The van der Waals surface area contributed by atoms with Crippen molar-refractivity contribution in [3.63, 3.8) is 0 Å². The topological polar surface area (TPSA) is 15.3 Å². The van der Waals surface area contributed by atoms with Crippen molar-refractivity contribution in [2.45, 2.75) is 58.8 Å². The Labute approximate surface area is 162 Å². The Morgan fingerprint density at radius 2 is 1.42 bits per heavy atom. The number of halogens is 2. The number of hydrogen-bond acceptors (Lipinski definition) is 2. The van der Waals surface area contributed by atoms with E-state index in [1.54, 1.807) is 0 Å². The molecule has 1 unspecified atom stereocenters. The smallest absolute Gasteiger partial charge is 0.00174 e. The number of hydrogen-bond donors (Lipinski definition) is 1. The van der Waals surface area contributed by atoms with Crippen LogP contribution in [0.15, 0.2) is 30.3 Å². The SMILES string of the molecule is CCCCN(CCCC)CCCNCC(C)c1ccccc1.Cl.Cl. The van der Waals surface area contributed by atoms with Gasteiger partial charge < -0.3 is 10.2 Å². The van der Waals surface area contributed by atoms with E-state index in [2.05, 4.69) is 61.3 Å². The molecular weight excluding hydrogens is 339 g/mol. The zero-order valence-electron chi connectivity index (χ0n) is 15.8. The molecule has 1 N–H and O–H groups in total. The molecule has 1 atom stereocenters. The fraction of sp³-hybridized carbons (Fsp3) is 0.700. The molecule has 142 valence electrons. The first-order chi connectivity index (χ1) is 10.8. The molecule has 0 aromatic heterocycles. The highest BCUT2D eigenvalue weighted by molar-refractivity contribution is 5.85. The van der Waals surface area contributed by atoms with Gasteiger partial charge in [0, 0.05) is 6.54 Å². The average molecular weight is 377 g/mol. The lowest BCUT2D eigenvalue weighted by Crippen LogP contribution is -2.30. The standard InChI is InChI=1S/C20H36N2.2ClH/c1-4-6-15-22(16-7-5-2)17-11-14-21-18-19(3)20-12-9-8-10-13-20;;/h8-10,12-13,19,21H,4-7,11,14-18H2,1-3H3;2*1H.